The molecule has 2 heterocycles. The number of benzene rings is 1. The van der Waals surface area contributed by atoms with Crippen molar-refractivity contribution in [2.75, 3.05) is 29.6 Å². The van der Waals surface area contributed by atoms with Crippen LogP contribution in [0.3, 0.4) is 0 Å². The van der Waals surface area contributed by atoms with Gasteiger partial charge in [-0.3, -0.25) is 4.79 Å². The van der Waals surface area contributed by atoms with Gasteiger partial charge in [-0.2, -0.15) is 0 Å². The van der Waals surface area contributed by atoms with Gasteiger partial charge in [0, 0.05) is 42.7 Å². The molecule has 144 valence electrons. The fourth-order valence-corrected chi connectivity index (χ4v) is 3.63. The van der Waals surface area contributed by atoms with Crippen LogP contribution < -0.4 is 10.2 Å². The summed E-state index contributed by atoms with van der Waals surface area (Å²) < 4.78 is 28.6. The predicted molar refractivity (Wildman–Crippen MR) is 106 cm³/mol. The van der Waals surface area contributed by atoms with Gasteiger partial charge in [0.15, 0.2) is 0 Å². The van der Waals surface area contributed by atoms with Gasteiger partial charge in [0.2, 0.25) is 5.92 Å². The maximum atomic E-state index is 14.3. The molecule has 7 heteroatoms. The standard InChI is InChI=1S/C20H23F2N3OS/c1-14-7-11-24-18-17(14)19(26)25(15-5-3-6-16(13-15)27-2)12-9-20(21,22)8-4-10-23-18/h3,5-7,11,13H,4,8-10,12H2,1-2H3,(H,23,24). The van der Waals surface area contributed by atoms with Crippen molar-refractivity contribution in [2.45, 2.75) is 37.0 Å². The lowest BCUT2D eigenvalue weighted by atomic mass is 10.1. The van der Waals surface area contributed by atoms with Crippen molar-refractivity contribution in [1.82, 2.24) is 4.98 Å². The number of halogens is 2. The Morgan fingerprint density at radius 2 is 2.07 bits per heavy atom. The Bertz CT molecular complexity index is 829. The van der Waals surface area contributed by atoms with E-state index in [0.717, 1.165) is 10.5 Å². The molecule has 1 amide bonds. The second-order valence-corrected chi connectivity index (χ2v) is 7.53. The first-order valence-electron chi connectivity index (χ1n) is 8.94. The molecule has 1 aromatic carbocycles. The average molecular weight is 391 g/mol. The molecule has 3 rings (SSSR count). The number of aromatic nitrogens is 1. The molecule has 1 aliphatic rings. The highest BCUT2D eigenvalue weighted by atomic mass is 32.2. The topological polar surface area (TPSA) is 45.2 Å². The highest BCUT2D eigenvalue weighted by Crippen LogP contribution is 2.31. The van der Waals surface area contributed by atoms with Crippen molar-refractivity contribution in [2.24, 2.45) is 0 Å². The molecule has 0 spiro atoms. The highest BCUT2D eigenvalue weighted by molar-refractivity contribution is 7.98. The summed E-state index contributed by atoms with van der Waals surface area (Å²) in [6.07, 6.45) is 3.31. The Hall–Kier alpha value is -2.15. The van der Waals surface area contributed by atoms with E-state index in [-0.39, 0.29) is 25.3 Å². The third-order valence-electron chi connectivity index (χ3n) is 4.70. The summed E-state index contributed by atoms with van der Waals surface area (Å²) in [5.74, 6) is -2.66. The van der Waals surface area contributed by atoms with E-state index in [1.165, 1.54) is 4.90 Å². The van der Waals surface area contributed by atoms with E-state index in [9.17, 15) is 13.6 Å². The van der Waals surface area contributed by atoms with E-state index < -0.39 is 5.92 Å². The molecule has 0 fully saturated rings. The lowest BCUT2D eigenvalue weighted by Crippen LogP contribution is -2.35. The number of nitrogens with one attached hydrogen (secondary N) is 1. The Balaban J connectivity index is 2.07. The molecule has 0 bridgehead atoms. The number of carbonyl (C=O) groups is 1. The zero-order chi connectivity index (χ0) is 19.4. The van der Waals surface area contributed by atoms with Gasteiger partial charge in [-0.25, -0.2) is 13.8 Å². The summed E-state index contributed by atoms with van der Waals surface area (Å²) in [6.45, 7) is 2.15. The van der Waals surface area contributed by atoms with Crippen molar-refractivity contribution in [3.8, 4) is 0 Å². The Labute approximate surface area is 162 Å². The molecule has 27 heavy (non-hydrogen) atoms. The van der Waals surface area contributed by atoms with Crippen molar-refractivity contribution in [1.29, 1.82) is 0 Å². The summed E-state index contributed by atoms with van der Waals surface area (Å²) in [7, 11) is 0. The van der Waals surface area contributed by atoms with Crippen LogP contribution in [0.4, 0.5) is 20.3 Å². The average Bonchev–Trinajstić information content (AvgIpc) is 2.67. The van der Waals surface area contributed by atoms with Gasteiger partial charge < -0.3 is 10.2 Å². The summed E-state index contributed by atoms with van der Waals surface area (Å²) in [6, 6.07) is 9.19. The van der Waals surface area contributed by atoms with Crippen LogP contribution in [0.25, 0.3) is 0 Å². The smallest absolute Gasteiger partial charge is 0.262 e. The number of thioether (sulfide) groups is 1. The largest absolute Gasteiger partial charge is 0.369 e. The SMILES string of the molecule is CSc1cccc(N2CCC(F)(F)CCCNc3nccc(C)c3C2=O)c1. The number of nitrogens with zero attached hydrogens (tertiary/aromatic N) is 2. The molecule has 4 nitrogen and oxygen atoms in total. The predicted octanol–water partition coefficient (Wildman–Crippen LogP) is 4.99. The van der Waals surface area contributed by atoms with Gasteiger partial charge in [-0.15, -0.1) is 11.8 Å². The van der Waals surface area contributed by atoms with Crippen LogP contribution in [0.15, 0.2) is 41.4 Å². The number of hydrogen-bond donors (Lipinski definition) is 1. The Morgan fingerprint density at radius 1 is 1.26 bits per heavy atom. The molecule has 1 aliphatic heterocycles. The van der Waals surface area contributed by atoms with Gasteiger partial charge in [0.1, 0.15) is 5.82 Å². The monoisotopic (exact) mass is 391 g/mol. The summed E-state index contributed by atoms with van der Waals surface area (Å²) >= 11 is 1.55. The van der Waals surface area contributed by atoms with Crippen LogP contribution >= 0.6 is 11.8 Å². The van der Waals surface area contributed by atoms with Crippen molar-refractivity contribution in [3.63, 3.8) is 0 Å². The molecular weight excluding hydrogens is 368 g/mol. The first kappa shape index (κ1) is 19.6. The van der Waals surface area contributed by atoms with E-state index in [4.69, 9.17) is 0 Å². The van der Waals surface area contributed by atoms with E-state index in [0.29, 0.717) is 30.0 Å². The molecule has 0 atom stereocenters. The molecule has 1 N–H and O–H groups in total. The van der Waals surface area contributed by atoms with Crippen LogP contribution in [-0.2, 0) is 0 Å². The number of amides is 1. The van der Waals surface area contributed by atoms with Crippen LogP contribution in [0.1, 0.15) is 35.2 Å². The maximum absolute atomic E-state index is 14.3. The molecule has 0 saturated heterocycles. The molecule has 0 unspecified atom stereocenters. The second kappa shape index (κ2) is 8.25. The first-order chi connectivity index (χ1) is 12.9. The number of fused-ring (bicyclic) bond motifs is 1. The van der Waals surface area contributed by atoms with Crippen molar-refractivity contribution < 1.29 is 13.6 Å². The highest BCUT2D eigenvalue weighted by Gasteiger charge is 2.32. The van der Waals surface area contributed by atoms with Gasteiger partial charge in [-0.05, 0) is 49.4 Å². The molecule has 0 saturated carbocycles. The molecule has 2 aromatic rings. The quantitative estimate of drug-likeness (QED) is 0.733. The van der Waals surface area contributed by atoms with Gasteiger partial charge in [-0.1, -0.05) is 6.07 Å². The summed E-state index contributed by atoms with van der Waals surface area (Å²) in [4.78, 5) is 20.1. The van der Waals surface area contributed by atoms with Crippen LogP contribution in [-0.4, -0.2) is 36.2 Å². The fourth-order valence-electron chi connectivity index (χ4n) is 3.18. The zero-order valence-electron chi connectivity index (χ0n) is 15.5. The number of carbonyl (C=O) groups excluding carboxylic acids is 1. The van der Waals surface area contributed by atoms with E-state index in [1.807, 2.05) is 31.4 Å². The van der Waals surface area contributed by atoms with Crippen molar-refractivity contribution >= 4 is 29.2 Å². The number of hydrogen-bond acceptors (Lipinski definition) is 4. The Morgan fingerprint density at radius 3 is 2.85 bits per heavy atom. The van der Waals surface area contributed by atoms with E-state index in [1.54, 1.807) is 30.1 Å². The summed E-state index contributed by atoms with van der Waals surface area (Å²) in [5, 5.41) is 3.07. The van der Waals surface area contributed by atoms with Gasteiger partial charge in [0.05, 0.1) is 5.56 Å². The normalized spacial score (nSPS) is 17.6. The van der Waals surface area contributed by atoms with Gasteiger partial charge in [0.25, 0.3) is 5.91 Å². The van der Waals surface area contributed by atoms with Crippen LogP contribution in [0.2, 0.25) is 0 Å². The molecule has 0 aliphatic carbocycles. The molecule has 0 radical (unpaired) electrons. The third kappa shape index (κ3) is 4.58. The molecular formula is C20H23F2N3OS. The third-order valence-corrected chi connectivity index (χ3v) is 5.42. The van der Waals surface area contributed by atoms with Gasteiger partial charge >= 0.3 is 0 Å². The number of pyridine rings is 1. The number of aryl methyl sites for hydroxylation is 1. The minimum atomic E-state index is -2.81. The van der Waals surface area contributed by atoms with E-state index in [2.05, 4.69) is 10.3 Å². The maximum Gasteiger partial charge on any atom is 0.262 e. The van der Waals surface area contributed by atoms with E-state index >= 15 is 0 Å². The van der Waals surface area contributed by atoms with Crippen LogP contribution in [0.5, 0.6) is 0 Å². The fraction of sp³-hybridized carbons (Fsp3) is 0.400. The number of alkyl halides is 2. The summed E-state index contributed by atoms with van der Waals surface area (Å²) in [5.41, 5.74) is 1.84. The minimum absolute atomic E-state index is 0.0442. The second-order valence-electron chi connectivity index (χ2n) is 6.65. The number of anilines is 2. The Kier molecular flexibility index (Phi) is 5.99. The van der Waals surface area contributed by atoms with Crippen molar-refractivity contribution in [3.05, 3.63) is 47.7 Å². The zero-order valence-corrected chi connectivity index (χ0v) is 16.3. The molecule has 1 aromatic heterocycles. The number of rotatable bonds is 2. The first-order valence-corrected chi connectivity index (χ1v) is 10.2. The van der Waals surface area contributed by atoms with Crippen LogP contribution in [0, 0.1) is 6.92 Å². The lowest BCUT2D eigenvalue weighted by Gasteiger charge is -2.26. The lowest BCUT2D eigenvalue weighted by molar-refractivity contribution is -0.0147. The minimum Gasteiger partial charge on any atom is -0.369 e.